The van der Waals surface area contributed by atoms with E-state index in [2.05, 4.69) is 10.3 Å². The van der Waals surface area contributed by atoms with Gasteiger partial charge in [0, 0.05) is 32.0 Å². The molecule has 6 atom stereocenters. The van der Waals surface area contributed by atoms with Crippen molar-refractivity contribution in [1.29, 1.82) is 0 Å². The Morgan fingerprint density at radius 3 is 2.50 bits per heavy atom. The number of fused-ring (bicyclic) bond motifs is 3. The van der Waals surface area contributed by atoms with Gasteiger partial charge >= 0.3 is 5.97 Å². The molecule has 1 fully saturated rings. The maximum atomic E-state index is 14.0. The van der Waals surface area contributed by atoms with Crippen LogP contribution in [-0.4, -0.2) is 114 Å². The standard InChI is InChI=1S/C34H52N4O9S/c1-7-37(8-2)16-17-48(44,45)28-13-15-38-31(28)34(43)47-32(22(3)4)24(6)11-12-29(41)35-14-9-10-23(5)18-25(39)19-26(40)20-30-36-27(21-46-30)33(38)42/h9-12,21-25,28,31-32,39H,7-8,13-20H2,1-6H3,(H,35,41)/b10-9+,12-11+/t23?,24-,25-,28-,31-,32-/m1/s1. The van der Waals surface area contributed by atoms with E-state index in [9.17, 15) is 32.7 Å². The number of amides is 2. The van der Waals surface area contributed by atoms with E-state index in [1.807, 2.05) is 45.6 Å². The number of cyclic esters (lactones) is 1. The molecule has 2 amide bonds. The summed E-state index contributed by atoms with van der Waals surface area (Å²) in [6.07, 6.45) is 6.02. The number of sulfone groups is 1. The Morgan fingerprint density at radius 2 is 1.83 bits per heavy atom. The Morgan fingerprint density at radius 1 is 1.12 bits per heavy atom. The van der Waals surface area contributed by atoms with E-state index in [0.717, 1.165) is 6.26 Å². The summed E-state index contributed by atoms with van der Waals surface area (Å²) in [4.78, 5) is 60.3. The Kier molecular flexibility index (Phi) is 14.5. The Balaban J connectivity index is 1.98. The maximum absolute atomic E-state index is 14.0. The minimum atomic E-state index is -3.87. The molecule has 0 saturated carbocycles. The van der Waals surface area contributed by atoms with Crippen molar-refractivity contribution in [2.24, 2.45) is 17.8 Å². The molecule has 14 heteroatoms. The van der Waals surface area contributed by atoms with Gasteiger partial charge < -0.3 is 29.4 Å². The van der Waals surface area contributed by atoms with Crippen LogP contribution < -0.4 is 5.32 Å². The number of nitrogens with zero attached hydrogens (tertiary/aromatic N) is 3. The number of aliphatic hydroxyl groups excluding tert-OH is 1. The van der Waals surface area contributed by atoms with Crippen molar-refractivity contribution in [3.63, 3.8) is 0 Å². The summed E-state index contributed by atoms with van der Waals surface area (Å²) in [5, 5.41) is 12.0. The molecule has 2 N–H and O–H groups in total. The van der Waals surface area contributed by atoms with Crippen molar-refractivity contribution in [2.45, 2.75) is 90.7 Å². The summed E-state index contributed by atoms with van der Waals surface area (Å²) in [5.41, 5.74) is -0.169. The minimum absolute atomic E-state index is 0.0279. The number of ether oxygens (including phenoxy) is 1. The SMILES string of the molecule is CCN(CC)CCS(=O)(=O)[C@@H]1CCN2C(=O)c3coc(n3)CC(=O)C[C@H](O)CC(C)/C=C/CNC(=O)/C=C/[C@@H](C)[C@@H](C(C)C)OC(=O)[C@@H]12. The van der Waals surface area contributed by atoms with Crippen molar-refractivity contribution in [3.8, 4) is 0 Å². The Labute approximate surface area is 284 Å². The molecule has 3 heterocycles. The lowest BCUT2D eigenvalue weighted by molar-refractivity contribution is -0.157. The van der Waals surface area contributed by atoms with Crippen LogP contribution in [0.3, 0.4) is 0 Å². The van der Waals surface area contributed by atoms with Crippen molar-refractivity contribution >= 4 is 33.4 Å². The van der Waals surface area contributed by atoms with E-state index < -0.39 is 51.1 Å². The number of oxazole rings is 1. The second-order valence-corrected chi connectivity index (χ2v) is 15.5. The van der Waals surface area contributed by atoms with Crippen molar-refractivity contribution < 1.29 is 41.9 Å². The number of carbonyl (C=O) groups excluding carboxylic acids is 4. The minimum Gasteiger partial charge on any atom is -0.460 e. The van der Waals surface area contributed by atoms with Gasteiger partial charge in [0.2, 0.25) is 11.8 Å². The van der Waals surface area contributed by atoms with Gasteiger partial charge in [-0.2, -0.15) is 0 Å². The van der Waals surface area contributed by atoms with Gasteiger partial charge in [0.1, 0.15) is 24.2 Å². The van der Waals surface area contributed by atoms with E-state index in [1.54, 1.807) is 19.1 Å². The van der Waals surface area contributed by atoms with Crippen LogP contribution in [0, 0.1) is 17.8 Å². The van der Waals surface area contributed by atoms with Crippen LogP contribution in [0.1, 0.15) is 77.2 Å². The van der Waals surface area contributed by atoms with Crippen molar-refractivity contribution in [1.82, 2.24) is 20.1 Å². The van der Waals surface area contributed by atoms with Crippen LogP contribution in [0.15, 0.2) is 35.0 Å². The van der Waals surface area contributed by atoms with Crippen molar-refractivity contribution in [3.05, 3.63) is 42.2 Å². The van der Waals surface area contributed by atoms with E-state index in [4.69, 9.17) is 9.15 Å². The summed E-state index contributed by atoms with van der Waals surface area (Å²) in [6, 6.07) is -1.44. The number of carbonyl (C=O) groups is 4. The lowest BCUT2D eigenvalue weighted by atomic mass is 9.94. The fourth-order valence-electron chi connectivity index (χ4n) is 6.25. The topological polar surface area (TPSA) is 176 Å². The quantitative estimate of drug-likeness (QED) is 0.317. The van der Waals surface area contributed by atoms with Gasteiger partial charge in [0.25, 0.3) is 5.91 Å². The zero-order valence-electron chi connectivity index (χ0n) is 29.0. The zero-order valence-corrected chi connectivity index (χ0v) is 29.8. The smallest absolute Gasteiger partial charge is 0.330 e. The molecule has 0 aromatic carbocycles. The fourth-order valence-corrected chi connectivity index (χ4v) is 8.18. The molecule has 13 nitrogen and oxygen atoms in total. The van der Waals surface area contributed by atoms with Crippen LogP contribution in [-0.2, 0) is 35.4 Å². The monoisotopic (exact) mass is 692 g/mol. The number of Topliss-reactive ketones (excluding diaryl/α,β-unsaturated/α-hetero) is 1. The van der Waals surface area contributed by atoms with Crippen LogP contribution in [0.2, 0.25) is 0 Å². The normalized spacial score (nSPS) is 28.6. The molecule has 1 aromatic heterocycles. The van der Waals surface area contributed by atoms with Gasteiger partial charge in [-0.25, -0.2) is 18.2 Å². The van der Waals surface area contributed by atoms with E-state index >= 15 is 0 Å². The molecule has 1 unspecified atom stereocenters. The number of aliphatic hydroxyl groups is 1. The number of hydrogen-bond acceptors (Lipinski definition) is 11. The molecule has 48 heavy (non-hydrogen) atoms. The average Bonchev–Trinajstić information content (AvgIpc) is 3.68. The molecule has 0 radical (unpaired) electrons. The third kappa shape index (κ3) is 10.8. The molecule has 2 aliphatic heterocycles. The van der Waals surface area contributed by atoms with Gasteiger partial charge in [-0.15, -0.1) is 0 Å². The van der Waals surface area contributed by atoms with Gasteiger partial charge in [-0.05, 0) is 43.8 Å². The second-order valence-electron chi connectivity index (χ2n) is 13.1. The molecular weight excluding hydrogens is 640 g/mol. The molecule has 0 aliphatic carbocycles. The summed E-state index contributed by atoms with van der Waals surface area (Å²) >= 11 is 0. The first-order valence-electron chi connectivity index (χ1n) is 16.9. The van der Waals surface area contributed by atoms with Crippen LogP contribution in [0.25, 0.3) is 0 Å². The highest BCUT2D eigenvalue weighted by atomic mass is 32.2. The first kappa shape index (κ1) is 39.1. The number of esters is 1. The van der Waals surface area contributed by atoms with E-state index in [0.29, 0.717) is 19.5 Å². The molecule has 3 rings (SSSR count). The summed E-state index contributed by atoms with van der Waals surface area (Å²) in [6.45, 7) is 13.1. The summed E-state index contributed by atoms with van der Waals surface area (Å²) < 4.78 is 38.9. The molecule has 268 valence electrons. The second kappa shape index (κ2) is 17.9. The first-order valence-corrected chi connectivity index (χ1v) is 18.6. The number of allylic oxidation sites excluding steroid dienone is 1. The summed E-state index contributed by atoms with van der Waals surface area (Å²) in [7, 11) is -3.87. The Bertz CT molecular complexity index is 1430. The van der Waals surface area contributed by atoms with E-state index in [1.165, 1.54) is 11.0 Å². The third-order valence-corrected chi connectivity index (χ3v) is 11.1. The van der Waals surface area contributed by atoms with Crippen molar-refractivity contribution in [2.75, 3.05) is 38.5 Å². The Hall–Kier alpha value is -3.36. The maximum Gasteiger partial charge on any atom is 0.330 e. The highest BCUT2D eigenvalue weighted by Crippen LogP contribution is 2.30. The summed E-state index contributed by atoms with van der Waals surface area (Å²) in [5.74, 6) is -3.17. The van der Waals surface area contributed by atoms with E-state index in [-0.39, 0.29) is 79.8 Å². The largest absolute Gasteiger partial charge is 0.460 e. The molecule has 2 bridgehead atoms. The molecule has 2 aliphatic rings. The molecule has 1 saturated heterocycles. The highest BCUT2D eigenvalue weighted by Gasteiger charge is 2.50. The van der Waals surface area contributed by atoms with Crippen LogP contribution in [0.4, 0.5) is 0 Å². The van der Waals surface area contributed by atoms with Gasteiger partial charge in [0.05, 0.1) is 23.5 Å². The number of ketones is 1. The van der Waals surface area contributed by atoms with Gasteiger partial charge in [0.15, 0.2) is 15.5 Å². The predicted octanol–water partition coefficient (Wildman–Crippen LogP) is 2.35. The van der Waals surface area contributed by atoms with Gasteiger partial charge in [-0.3, -0.25) is 14.4 Å². The third-order valence-electron chi connectivity index (χ3n) is 8.96. The highest BCUT2D eigenvalue weighted by molar-refractivity contribution is 7.92. The number of aromatic nitrogens is 1. The lowest BCUT2D eigenvalue weighted by Crippen LogP contribution is -2.50. The molecule has 1 aromatic rings. The first-order chi connectivity index (χ1) is 22.7. The number of hydrogen-bond donors (Lipinski definition) is 2. The zero-order chi connectivity index (χ0) is 35.6. The lowest BCUT2D eigenvalue weighted by Gasteiger charge is -2.31. The fraction of sp³-hybridized carbons (Fsp3) is 0.676. The predicted molar refractivity (Wildman–Crippen MR) is 180 cm³/mol. The average molecular weight is 693 g/mol. The van der Waals surface area contributed by atoms with Crippen LogP contribution in [0.5, 0.6) is 0 Å². The van der Waals surface area contributed by atoms with Crippen LogP contribution >= 0.6 is 0 Å². The molecule has 0 spiro atoms. The number of rotatable bonds is 7. The molecular formula is C34H52N4O9S. The van der Waals surface area contributed by atoms with Gasteiger partial charge in [-0.1, -0.05) is 59.8 Å². The number of nitrogens with one attached hydrogen (secondary N) is 1.